The highest BCUT2D eigenvalue weighted by atomic mass is 19.4. The molecule has 1 amide bonds. The number of nitrogens with one attached hydrogen (secondary N) is 1. The number of alkyl halides is 3. The fourth-order valence-corrected chi connectivity index (χ4v) is 4.84. The molecule has 2 fully saturated rings. The molecule has 0 unspecified atom stereocenters. The zero-order chi connectivity index (χ0) is 24.0. The molecule has 0 radical (unpaired) electrons. The van der Waals surface area contributed by atoms with Gasteiger partial charge in [-0.05, 0) is 43.9 Å². The van der Waals surface area contributed by atoms with E-state index in [1.54, 1.807) is 30.0 Å². The Morgan fingerprint density at radius 2 is 1.85 bits per heavy atom. The number of fused-ring (bicyclic) bond motifs is 2. The topological polar surface area (TPSA) is 83.9 Å². The van der Waals surface area contributed by atoms with Crippen LogP contribution in [-0.4, -0.2) is 48.9 Å². The number of amides is 1. The molecule has 11 heteroatoms. The summed E-state index contributed by atoms with van der Waals surface area (Å²) in [6.45, 7) is 1.61. The Bertz CT molecular complexity index is 1220. The first-order valence-electron chi connectivity index (χ1n) is 10.8. The van der Waals surface area contributed by atoms with Gasteiger partial charge >= 0.3 is 6.18 Å². The molecule has 2 saturated heterocycles. The summed E-state index contributed by atoms with van der Waals surface area (Å²) in [5, 5.41) is 3.12. The smallest absolute Gasteiger partial charge is 0.364 e. The number of anilines is 1. The molecule has 4 heterocycles. The van der Waals surface area contributed by atoms with Gasteiger partial charge in [-0.25, -0.2) is 24.3 Å². The average molecular weight is 472 g/mol. The molecule has 2 aromatic heterocycles. The van der Waals surface area contributed by atoms with Gasteiger partial charge in [-0.2, -0.15) is 13.2 Å². The summed E-state index contributed by atoms with van der Waals surface area (Å²) in [5.74, 6) is -0.527. The third-order valence-corrected chi connectivity index (χ3v) is 6.40. The number of halogens is 4. The lowest BCUT2D eigenvalue weighted by Gasteiger charge is -2.26. The van der Waals surface area contributed by atoms with Crippen LogP contribution in [0.5, 0.6) is 0 Å². The summed E-state index contributed by atoms with van der Waals surface area (Å²) >= 11 is 0. The summed E-state index contributed by atoms with van der Waals surface area (Å²) in [5.41, 5.74) is -0.445. The minimum Gasteiger partial charge on any atom is -0.364 e. The monoisotopic (exact) mass is 472 g/mol. The summed E-state index contributed by atoms with van der Waals surface area (Å²) < 4.78 is 53.4. The van der Waals surface area contributed by atoms with Crippen LogP contribution in [0.2, 0.25) is 0 Å². The van der Waals surface area contributed by atoms with Crippen molar-refractivity contribution in [3.05, 3.63) is 65.6 Å². The second kappa shape index (κ2) is 8.30. The average Bonchev–Trinajstić information content (AvgIpc) is 3.38. The van der Waals surface area contributed by atoms with Crippen LogP contribution in [0, 0.1) is 12.7 Å². The molecule has 3 atom stereocenters. The first-order valence-corrected chi connectivity index (χ1v) is 10.8. The van der Waals surface area contributed by atoms with Crippen molar-refractivity contribution >= 4 is 11.7 Å². The molecule has 3 aromatic rings. The normalized spacial score (nSPS) is 21.7. The van der Waals surface area contributed by atoms with Gasteiger partial charge in [0.05, 0.1) is 35.6 Å². The van der Waals surface area contributed by atoms with Crippen molar-refractivity contribution in [3.63, 3.8) is 0 Å². The van der Waals surface area contributed by atoms with Crippen LogP contribution in [0.15, 0.2) is 43.0 Å². The Hall–Kier alpha value is -3.63. The Morgan fingerprint density at radius 1 is 1.09 bits per heavy atom. The van der Waals surface area contributed by atoms with E-state index in [-0.39, 0.29) is 46.8 Å². The van der Waals surface area contributed by atoms with Gasteiger partial charge in [-0.3, -0.25) is 4.79 Å². The molecule has 0 saturated carbocycles. The number of rotatable bonds is 4. The summed E-state index contributed by atoms with van der Waals surface area (Å²) in [6, 6.07) is 4.26. The molecule has 2 bridgehead atoms. The van der Waals surface area contributed by atoms with Crippen molar-refractivity contribution in [2.24, 2.45) is 0 Å². The lowest BCUT2D eigenvalue weighted by molar-refractivity contribution is -0.141. The van der Waals surface area contributed by atoms with Gasteiger partial charge in [0, 0.05) is 18.4 Å². The van der Waals surface area contributed by atoms with E-state index >= 15 is 4.39 Å². The molecule has 2 aliphatic rings. The summed E-state index contributed by atoms with van der Waals surface area (Å²) in [4.78, 5) is 30.9. The summed E-state index contributed by atoms with van der Waals surface area (Å²) in [7, 11) is 0. The number of carbonyl (C=O) groups excluding carboxylic acids is 1. The molecule has 5 rings (SSSR count). The zero-order valence-electron chi connectivity index (χ0n) is 18.1. The van der Waals surface area contributed by atoms with Gasteiger partial charge in [0.25, 0.3) is 5.91 Å². The largest absolute Gasteiger partial charge is 0.434 e. The van der Waals surface area contributed by atoms with Crippen molar-refractivity contribution in [1.29, 1.82) is 0 Å². The van der Waals surface area contributed by atoms with Gasteiger partial charge in [-0.1, -0.05) is 6.07 Å². The molecule has 1 N–H and O–H groups in total. The van der Waals surface area contributed by atoms with Crippen LogP contribution in [-0.2, 0) is 6.18 Å². The van der Waals surface area contributed by atoms with Gasteiger partial charge in [0.2, 0.25) is 0 Å². The number of carbonyl (C=O) groups is 1. The number of hydrogen-bond acceptors (Lipinski definition) is 6. The highest BCUT2D eigenvalue weighted by molar-refractivity contribution is 6.01. The van der Waals surface area contributed by atoms with E-state index in [4.69, 9.17) is 0 Å². The zero-order valence-corrected chi connectivity index (χ0v) is 18.1. The van der Waals surface area contributed by atoms with Crippen LogP contribution in [0.1, 0.15) is 40.9 Å². The van der Waals surface area contributed by atoms with Crippen molar-refractivity contribution in [2.75, 3.05) is 5.32 Å². The molecule has 0 aliphatic carbocycles. The Kier molecular flexibility index (Phi) is 5.41. The van der Waals surface area contributed by atoms with E-state index in [1.165, 1.54) is 12.4 Å². The minimum atomic E-state index is -4.56. The van der Waals surface area contributed by atoms with Crippen molar-refractivity contribution in [2.45, 2.75) is 50.5 Å². The summed E-state index contributed by atoms with van der Waals surface area (Å²) in [6.07, 6.45) is 2.24. The van der Waals surface area contributed by atoms with Gasteiger partial charge in [-0.15, -0.1) is 0 Å². The predicted molar refractivity (Wildman–Crippen MR) is 114 cm³/mol. The highest BCUT2D eigenvalue weighted by Gasteiger charge is 2.49. The Balaban J connectivity index is 1.41. The van der Waals surface area contributed by atoms with Gasteiger partial charge < -0.3 is 10.2 Å². The number of benzene rings is 1. The van der Waals surface area contributed by atoms with E-state index in [2.05, 4.69) is 25.3 Å². The lowest BCUT2D eigenvalue weighted by Crippen LogP contribution is -2.40. The maximum atomic E-state index is 15.1. The fraction of sp³-hybridized carbons (Fsp3) is 0.348. The van der Waals surface area contributed by atoms with Crippen LogP contribution < -0.4 is 5.32 Å². The predicted octanol–water partition coefficient (Wildman–Crippen LogP) is 4.26. The van der Waals surface area contributed by atoms with Crippen LogP contribution in [0.3, 0.4) is 0 Å². The number of aryl methyl sites for hydroxylation is 1. The fourth-order valence-electron chi connectivity index (χ4n) is 4.84. The second-order valence-electron chi connectivity index (χ2n) is 8.47. The van der Waals surface area contributed by atoms with Crippen LogP contribution in [0.4, 0.5) is 23.4 Å². The minimum absolute atomic E-state index is 0.0648. The van der Waals surface area contributed by atoms with E-state index in [1.807, 2.05) is 0 Å². The van der Waals surface area contributed by atoms with Crippen LogP contribution >= 0.6 is 0 Å². The molecule has 176 valence electrons. The van der Waals surface area contributed by atoms with Gasteiger partial charge in [0.15, 0.2) is 11.5 Å². The standard InChI is InChI=1S/C23H20F4N6O/c1-12-3-5-14(19(20(12)24)21-28-7-2-8-29-21)22(34)33-13-4-6-16(33)15(9-13)32-18-11-30-17(10-31-18)23(25,26)27/h2-3,5,7-8,10-11,13,15-16H,4,6,9H2,1H3,(H,31,32)/t13-,15-,16+/m1/s1. The van der Waals surface area contributed by atoms with E-state index in [9.17, 15) is 18.0 Å². The Morgan fingerprint density at radius 3 is 2.53 bits per heavy atom. The molecule has 7 nitrogen and oxygen atoms in total. The second-order valence-corrected chi connectivity index (χ2v) is 8.47. The quantitative estimate of drug-likeness (QED) is 0.572. The molecular formula is C23H20F4N6O. The van der Waals surface area contributed by atoms with E-state index < -0.39 is 17.7 Å². The van der Waals surface area contributed by atoms with E-state index in [0.29, 0.717) is 24.6 Å². The van der Waals surface area contributed by atoms with Crippen LogP contribution in [0.25, 0.3) is 11.4 Å². The highest BCUT2D eigenvalue weighted by Crippen LogP contribution is 2.41. The molecule has 1 aromatic carbocycles. The number of hydrogen-bond donors (Lipinski definition) is 1. The first-order chi connectivity index (χ1) is 16.2. The van der Waals surface area contributed by atoms with E-state index in [0.717, 1.165) is 12.6 Å². The number of aromatic nitrogens is 4. The molecule has 2 aliphatic heterocycles. The molecule has 34 heavy (non-hydrogen) atoms. The SMILES string of the molecule is Cc1ccc(C(=O)N2[C@@H]3CC[C@H]2[C@H](Nc2cnc(C(F)(F)F)cn2)C3)c(-c2ncccn2)c1F. The van der Waals surface area contributed by atoms with Gasteiger partial charge in [0.1, 0.15) is 11.6 Å². The first kappa shape index (κ1) is 22.2. The van der Waals surface area contributed by atoms with Crippen molar-refractivity contribution in [1.82, 2.24) is 24.8 Å². The third kappa shape index (κ3) is 3.84. The van der Waals surface area contributed by atoms with Crippen molar-refractivity contribution in [3.8, 4) is 11.4 Å². The third-order valence-electron chi connectivity index (χ3n) is 6.40. The lowest BCUT2D eigenvalue weighted by atomic mass is 9.95. The maximum Gasteiger partial charge on any atom is 0.434 e. The number of nitrogens with zero attached hydrogens (tertiary/aromatic N) is 5. The van der Waals surface area contributed by atoms with Crippen molar-refractivity contribution < 1.29 is 22.4 Å². The molecule has 0 spiro atoms. The molecular weight excluding hydrogens is 452 g/mol. The Labute approximate surface area is 192 Å². The maximum absolute atomic E-state index is 15.1.